The molecule has 0 N–H and O–H groups in total. The summed E-state index contributed by atoms with van der Waals surface area (Å²) in [6, 6.07) is 0.594. The number of Topliss-reactive ketones (excluding diaryl/α,β-unsaturated/α-hetero) is 1. The SMILES string of the molecule is CC(C)C(=O)c1cn(C2CCC2)cn1. The number of aromatic nitrogens is 2. The highest BCUT2D eigenvalue weighted by atomic mass is 16.1. The summed E-state index contributed by atoms with van der Waals surface area (Å²) in [7, 11) is 0. The number of ketones is 1. The molecule has 0 bridgehead atoms. The van der Waals surface area contributed by atoms with Crippen molar-refractivity contribution in [2.75, 3.05) is 0 Å². The minimum absolute atomic E-state index is 0.0414. The quantitative estimate of drug-likeness (QED) is 0.689. The summed E-state index contributed by atoms with van der Waals surface area (Å²) >= 11 is 0. The fraction of sp³-hybridized carbons (Fsp3) is 0.636. The van der Waals surface area contributed by atoms with Crippen LogP contribution in [0.5, 0.6) is 0 Å². The molecule has 0 amide bonds. The molecule has 1 aliphatic rings. The summed E-state index contributed by atoms with van der Waals surface area (Å²) in [6.07, 6.45) is 7.44. The summed E-state index contributed by atoms with van der Waals surface area (Å²) in [5.41, 5.74) is 0.618. The van der Waals surface area contributed by atoms with Crippen LogP contribution in [0.4, 0.5) is 0 Å². The van der Waals surface area contributed by atoms with Crippen LogP contribution in [0.1, 0.15) is 49.6 Å². The van der Waals surface area contributed by atoms with Gasteiger partial charge in [-0.1, -0.05) is 13.8 Å². The molecule has 1 saturated carbocycles. The van der Waals surface area contributed by atoms with Crippen LogP contribution in [0.2, 0.25) is 0 Å². The van der Waals surface area contributed by atoms with E-state index < -0.39 is 0 Å². The van der Waals surface area contributed by atoms with Gasteiger partial charge < -0.3 is 4.57 Å². The third-order valence-corrected chi connectivity index (χ3v) is 2.87. The lowest BCUT2D eigenvalue weighted by Gasteiger charge is -2.26. The lowest BCUT2D eigenvalue weighted by molar-refractivity contribution is 0.0934. The molecule has 0 unspecified atom stereocenters. The molecule has 0 aromatic carbocycles. The zero-order valence-electron chi connectivity index (χ0n) is 8.73. The van der Waals surface area contributed by atoms with Gasteiger partial charge in [0, 0.05) is 18.2 Å². The van der Waals surface area contributed by atoms with Gasteiger partial charge in [-0.2, -0.15) is 0 Å². The molecular formula is C11H16N2O. The molecule has 0 saturated heterocycles. The number of carbonyl (C=O) groups is 1. The van der Waals surface area contributed by atoms with Crippen molar-refractivity contribution in [1.29, 1.82) is 0 Å². The van der Waals surface area contributed by atoms with E-state index in [2.05, 4.69) is 9.55 Å². The maximum atomic E-state index is 11.6. The van der Waals surface area contributed by atoms with Crippen molar-refractivity contribution in [1.82, 2.24) is 9.55 Å². The van der Waals surface area contributed by atoms with Gasteiger partial charge >= 0.3 is 0 Å². The topological polar surface area (TPSA) is 34.9 Å². The van der Waals surface area contributed by atoms with Gasteiger partial charge in [-0.15, -0.1) is 0 Å². The third kappa shape index (κ3) is 1.59. The van der Waals surface area contributed by atoms with Crippen molar-refractivity contribution in [3.8, 4) is 0 Å². The molecule has 14 heavy (non-hydrogen) atoms. The Morgan fingerprint density at radius 2 is 2.29 bits per heavy atom. The second-order valence-electron chi connectivity index (χ2n) is 4.31. The van der Waals surface area contributed by atoms with E-state index >= 15 is 0 Å². The lowest BCUT2D eigenvalue weighted by atomic mass is 9.93. The van der Waals surface area contributed by atoms with E-state index in [9.17, 15) is 4.79 Å². The van der Waals surface area contributed by atoms with Crippen LogP contribution in [0.25, 0.3) is 0 Å². The van der Waals surface area contributed by atoms with Crippen molar-refractivity contribution < 1.29 is 4.79 Å². The molecule has 3 heteroatoms. The minimum Gasteiger partial charge on any atom is -0.334 e. The Hall–Kier alpha value is -1.12. The zero-order valence-corrected chi connectivity index (χ0v) is 8.73. The smallest absolute Gasteiger partial charge is 0.185 e. The van der Waals surface area contributed by atoms with Crippen LogP contribution in [-0.4, -0.2) is 15.3 Å². The number of hydrogen-bond acceptors (Lipinski definition) is 2. The fourth-order valence-corrected chi connectivity index (χ4v) is 1.64. The van der Waals surface area contributed by atoms with Crippen molar-refractivity contribution in [3.63, 3.8) is 0 Å². The molecule has 0 spiro atoms. The van der Waals surface area contributed by atoms with E-state index in [0.717, 1.165) is 0 Å². The average molecular weight is 192 g/mol. The molecule has 0 aliphatic heterocycles. The Bertz CT molecular complexity index is 337. The van der Waals surface area contributed by atoms with Crippen LogP contribution in [0.15, 0.2) is 12.5 Å². The molecule has 0 radical (unpaired) electrons. The van der Waals surface area contributed by atoms with E-state index in [1.165, 1.54) is 19.3 Å². The van der Waals surface area contributed by atoms with Crippen molar-refractivity contribution in [2.24, 2.45) is 5.92 Å². The maximum absolute atomic E-state index is 11.6. The molecule has 76 valence electrons. The van der Waals surface area contributed by atoms with E-state index in [1.807, 2.05) is 20.0 Å². The van der Waals surface area contributed by atoms with Gasteiger partial charge in [0.05, 0.1) is 6.33 Å². The van der Waals surface area contributed by atoms with E-state index in [1.54, 1.807) is 6.33 Å². The molecule has 1 aliphatic carbocycles. The highest BCUT2D eigenvalue weighted by Gasteiger charge is 2.21. The Kier molecular flexibility index (Phi) is 2.40. The number of carbonyl (C=O) groups excluding carboxylic acids is 1. The molecule has 1 fully saturated rings. The van der Waals surface area contributed by atoms with Crippen LogP contribution < -0.4 is 0 Å². The van der Waals surface area contributed by atoms with E-state index in [0.29, 0.717) is 11.7 Å². The molecule has 2 rings (SSSR count). The largest absolute Gasteiger partial charge is 0.334 e. The van der Waals surface area contributed by atoms with Gasteiger partial charge in [-0.3, -0.25) is 4.79 Å². The number of nitrogens with zero attached hydrogens (tertiary/aromatic N) is 2. The van der Waals surface area contributed by atoms with Crippen LogP contribution in [0.3, 0.4) is 0 Å². The Morgan fingerprint density at radius 1 is 1.57 bits per heavy atom. The molecule has 0 atom stereocenters. The molecule has 1 aromatic rings. The summed E-state index contributed by atoms with van der Waals surface area (Å²) < 4.78 is 2.08. The van der Waals surface area contributed by atoms with Gasteiger partial charge in [0.25, 0.3) is 0 Å². The molecular weight excluding hydrogens is 176 g/mol. The van der Waals surface area contributed by atoms with Gasteiger partial charge in [-0.05, 0) is 19.3 Å². The van der Waals surface area contributed by atoms with E-state index in [4.69, 9.17) is 0 Å². The first-order valence-electron chi connectivity index (χ1n) is 5.26. The van der Waals surface area contributed by atoms with Gasteiger partial charge in [-0.25, -0.2) is 4.98 Å². The summed E-state index contributed by atoms with van der Waals surface area (Å²) in [6.45, 7) is 3.81. The first-order chi connectivity index (χ1) is 6.68. The summed E-state index contributed by atoms with van der Waals surface area (Å²) in [4.78, 5) is 15.8. The van der Waals surface area contributed by atoms with Crippen molar-refractivity contribution >= 4 is 5.78 Å². The maximum Gasteiger partial charge on any atom is 0.185 e. The second-order valence-corrected chi connectivity index (χ2v) is 4.31. The van der Waals surface area contributed by atoms with E-state index in [-0.39, 0.29) is 11.7 Å². The molecule has 3 nitrogen and oxygen atoms in total. The molecule has 1 heterocycles. The standard InChI is InChI=1S/C11H16N2O/c1-8(2)11(14)10-6-13(7-12-10)9-4-3-5-9/h6-9H,3-5H2,1-2H3. The van der Waals surface area contributed by atoms with Crippen molar-refractivity contribution in [2.45, 2.75) is 39.2 Å². The first kappa shape index (κ1) is 9.44. The zero-order chi connectivity index (χ0) is 10.1. The van der Waals surface area contributed by atoms with Crippen LogP contribution >= 0.6 is 0 Å². The number of hydrogen-bond donors (Lipinski definition) is 0. The summed E-state index contributed by atoms with van der Waals surface area (Å²) in [5, 5.41) is 0. The van der Waals surface area contributed by atoms with Gasteiger partial charge in [0.15, 0.2) is 5.78 Å². The van der Waals surface area contributed by atoms with Gasteiger partial charge in [0.1, 0.15) is 5.69 Å². The fourth-order valence-electron chi connectivity index (χ4n) is 1.64. The third-order valence-electron chi connectivity index (χ3n) is 2.87. The average Bonchev–Trinajstić information content (AvgIpc) is 2.48. The number of rotatable bonds is 3. The monoisotopic (exact) mass is 192 g/mol. The lowest BCUT2D eigenvalue weighted by Crippen LogP contribution is -2.15. The van der Waals surface area contributed by atoms with Crippen LogP contribution in [-0.2, 0) is 0 Å². The first-order valence-corrected chi connectivity index (χ1v) is 5.26. The highest BCUT2D eigenvalue weighted by Crippen LogP contribution is 2.31. The van der Waals surface area contributed by atoms with Gasteiger partial charge in [0.2, 0.25) is 0 Å². The Morgan fingerprint density at radius 3 is 2.79 bits per heavy atom. The Labute approximate surface area is 84.1 Å². The minimum atomic E-state index is 0.0414. The highest BCUT2D eigenvalue weighted by molar-refractivity contribution is 5.95. The number of imidazole rings is 1. The normalized spacial score (nSPS) is 17.1. The molecule has 1 aromatic heterocycles. The van der Waals surface area contributed by atoms with Crippen molar-refractivity contribution in [3.05, 3.63) is 18.2 Å². The predicted molar refractivity (Wildman–Crippen MR) is 54.3 cm³/mol. The Balaban J connectivity index is 2.12. The summed E-state index contributed by atoms with van der Waals surface area (Å²) in [5.74, 6) is 0.183. The predicted octanol–water partition coefficient (Wildman–Crippen LogP) is 2.45. The van der Waals surface area contributed by atoms with Crippen LogP contribution in [0, 0.1) is 5.92 Å². The second kappa shape index (κ2) is 3.56.